The molecule has 0 saturated heterocycles. The summed E-state index contributed by atoms with van der Waals surface area (Å²) < 4.78 is 6.97. The molecule has 0 spiro atoms. The molecule has 4 aromatic rings. The number of anilines is 4. The van der Waals surface area contributed by atoms with Gasteiger partial charge in [0.2, 0.25) is 5.95 Å². The highest BCUT2D eigenvalue weighted by Gasteiger charge is 2.12. The highest BCUT2D eigenvalue weighted by molar-refractivity contribution is 6.30. The van der Waals surface area contributed by atoms with Crippen molar-refractivity contribution in [1.29, 1.82) is 0 Å². The van der Waals surface area contributed by atoms with Crippen LogP contribution in [0.3, 0.4) is 0 Å². The fourth-order valence-electron chi connectivity index (χ4n) is 2.71. The number of fused-ring (bicyclic) bond motifs is 1. The first-order chi connectivity index (χ1) is 13.1. The molecular formula is C19H17ClN6O. The maximum absolute atomic E-state index is 6.09. The van der Waals surface area contributed by atoms with Crippen LogP contribution in [0.2, 0.25) is 5.02 Å². The zero-order valence-corrected chi connectivity index (χ0v) is 15.5. The second-order valence-corrected chi connectivity index (χ2v) is 6.33. The van der Waals surface area contributed by atoms with Crippen molar-refractivity contribution in [2.24, 2.45) is 7.05 Å². The van der Waals surface area contributed by atoms with Crippen LogP contribution < -0.4 is 15.4 Å². The standard InChI is InChI=1S/C19H17ClN6O/c1-26-18-16(11-21-26)17(22-13-6-3-5-12(20)9-13)24-19(25-18)23-14-7-4-8-15(10-14)27-2/h3-11H,1-2H3,(H2,22,23,24,25). The van der Waals surface area contributed by atoms with E-state index >= 15 is 0 Å². The number of halogens is 1. The highest BCUT2D eigenvalue weighted by Crippen LogP contribution is 2.27. The number of aryl methyl sites for hydroxylation is 1. The van der Waals surface area contributed by atoms with Crippen LogP contribution in [0.4, 0.5) is 23.1 Å². The van der Waals surface area contributed by atoms with Crippen LogP contribution in [0.25, 0.3) is 11.0 Å². The van der Waals surface area contributed by atoms with Gasteiger partial charge >= 0.3 is 0 Å². The molecule has 2 heterocycles. The minimum Gasteiger partial charge on any atom is -0.497 e. The minimum atomic E-state index is 0.448. The number of hydrogen-bond donors (Lipinski definition) is 2. The number of nitrogens with one attached hydrogen (secondary N) is 2. The van der Waals surface area contributed by atoms with E-state index in [0.717, 1.165) is 22.5 Å². The molecule has 0 bridgehead atoms. The quantitative estimate of drug-likeness (QED) is 0.530. The van der Waals surface area contributed by atoms with Crippen LogP contribution in [-0.4, -0.2) is 26.9 Å². The Kier molecular flexibility index (Phi) is 4.52. The number of aromatic nitrogens is 4. The Hall–Kier alpha value is -3.32. The van der Waals surface area contributed by atoms with Gasteiger partial charge in [0.1, 0.15) is 11.6 Å². The van der Waals surface area contributed by atoms with Gasteiger partial charge in [-0.2, -0.15) is 15.1 Å². The van der Waals surface area contributed by atoms with Gasteiger partial charge in [-0.25, -0.2) is 0 Å². The van der Waals surface area contributed by atoms with Crippen LogP contribution in [0.15, 0.2) is 54.7 Å². The normalized spacial score (nSPS) is 10.8. The molecule has 0 aliphatic heterocycles. The molecule has 8 heteroatoms. The zero-order chi connectivity index (χ0) is 18.8. The molecule has 0 aliphatic rings. The van der Waals surface area contributed by atoms with E-state index in [1.165, 1.54) is 0 Å². The summed E-state index contributed by atoms with van der Waals surface area (Å²) in [5.74, 6) is 1.84. The third-order valence-corrected chi connectivity index (χ3v) is 4.24. The van der Waals surface area contributed by atoms with Crippen molar-refractivity contribution in [3.05, 3.63) is 59.8 Å². The largest absolute Gasteiger partial charge is 0.497 e. The van der Waals surface area contributed by atoms with Gasteiger partial charge in [0.15, 0.2) is 5.65 Å². The van der Waals surface area contributed by atoms with Gasteiger partial charge in [0, 0.05) is 29.5 Å². The molecule has 0 unspecified atom stereocenters. The third kappa shape index (κ3) is 3.63. The van der Waals surface area contributed by atoms with Crippen molar-refractivity contribution >= 4 is 45.8 Å². The van der Waals surface area contributed by atoms with Gasteiger partial charge in [-0.15, -0.1) is 0 Å². The average Bonchev–Trinajstić information content (AvgIpc) is 3.03. The van der Waals surface area contributed by atoms with E-state index in [4.69, 9.17) is 16.3 Å². The predicted molar refractivity (Wildman–Crippen MR) is 107 cm³/mol. The first-order valence-corrected chi connectivity index (χ1v) is 8.63. The molecule has 2 aromatic carbocycles. The molecule has 2 aromatic heterocycles. The molecular weight excluding hydrogens is 364 g/mol. The Morgan fingerprint density at radius 3 is 2.56 bits per heavy atom. The van der Waals surface area contributed by atoms with Gasteiger partial charge < -0.3 is 15.4 Å². The maximum Gasteiger partial charge on any atom is 0.231 e. The predicted octanol–water partition coefficient (Wildman–Crippen LogP) is 4.51. The van der Waals surface area contributed by atoms with Crippen molar-refractivity contribution < 1.29 is 4.74 Å². The van der Waals surface area contributed by atoms with Crippen LogP contribution in [0.5, 0.6) is 5.75 Å². The number of hydrogen-bond acceptors (Lipinski definition) is 6. The molecule has 4 rings (SSSR count). The molecule has 0 fully saturated rings. The number of methoxy groups -OCH3 is 1. The average molecular weight is 381 g/mol. The number of benzene rings is 2. The Morgan fingerprint density at radius 1 is 1.00 bits per heavy atom. The van der Waals surface area contributed by atoms with Crippen molar-refractivity contribution in [3.8, 4) is 5.75 Å². The summed E-state index contributed by atoms with van der Waals surface area (Å²) in [6.07, 6.45) is 1.73. The Labute approximate surface area is 161 Å². The second kappa shape index (κ2) is 7.13. The summed E-state index contributed by atoms with van der Waals surface area (Å²) in [6, 6.07) is 15.0. The lowest BCUT2D eigenvalue weighted by Crippen LogP contribution is -2.03. The van der Waals surface area contributed by atoms with E-state index < -0.39 is 0 Å². The lowest BCUT2D eigenvalue weighted by molar-refractivity contribution is 0.415. The highest BCUT2D eigenvalue weighted by atomic mass is 35.5. The molecule has 0 amide bonds. The summed E-state index contributed by atoms with van der Waals surface area (Å²) >= 11 is 6.09. The van der Waals surface area contributed by atoms with Gasteiger partial charge in [-0.1, -0.05) is 23.7 Å². The third-order valence-electron chi connectivity index (χ3n) is 4.01. The second-order valence-electron chi connectivity index (χ2n) is 5.89. The lowest BCUT2D eigenvalue weighted by Gasteiger charge is -2.11. The van der Waals surface area contributed by atoms with E-state index in [0.29, 0.717) is 22.4 Å². The number of nitrogens with zero attached hydrogens (tertiary/aromatic N) is 4. The van der Waals surface area contributed by atoms with E-state index in [1.807, 2.05) is 55.6 Å². The van der Waals surface area contributed by atoms with E-state index in [2.05, 4.69) is 25.7 Å². The Balaban J connectivity index is 1.74. The van der Waals surface area contributed by atoms with Crippen molar-refractivity contribution in [2.75, 3.05) is 17.7 Å². The van der Waals surface area contributed by atoms with Crippen molar-refractivity contribution in [3.63, 3.8) is 0 Å². The summed E-state index contributed by atoms with van der Waals surface area (Å²) in [7, 11) is 3.47. The summed E-state index contributed by atoms with van der Waals surface area (Å²) in [4.78, 5) is 9.20. The van der Waals surface area contributed by atoms with Crippen LogP contribution in [-0.2, 0) is 7.05 Å². The Morgan fingerprint density at radius 2 is 1.78 bits per heavy atom. The lowest BCUT2D eigenvalue weighted by atomic mass is 10.3. The molecule has 7 nitrogen and oxygen atoms in total. The molecule has 0 aliphatic carbocycles. The van der Waals surface area contributed by atoms with E-state index in [9.17, 15) is 0 Å². The summed E-state index contributed by atoms with van der Waals surface area (Å²) in [6.45, 7) is 0. The number of ether oxygens (including phenoxy) is 1. The van der Waals surface area contributed by atoms with Gasteiger partial charge in [-0.3, -0.25) is 4.68 Å². The van der Waals surface area contributed by atoms with Crippen LogP contribution in [0.1, 0.15) is 0 Å². The monoisotopic (exact) mass is 380 g/mol. The van der Waals surface area contributed by atoms with Crippen LogP contribution in [0, 0.1) is 0 Å². The topological polar surface area (TPSA) is 76.9 Å². The fraction of sp³-hybridized carbons (Fsp3) is 0.105. The van der Waals surface area contributed by atoms with Crippen molar-refractivity contribution in [2.45, 2.75) is 0 Å². The smallest absolute Gasteiger partial charge is 0.231 e. The summed E-state index contributed by atoms with van der Waals surface area (Å²) in [5.41, 5.74) is 2.36. The van der Waals surface area contributed by atoms with Crippen molar-refractivity contribution in [1.82, 2.24) is 19.7 Å². The zero-order valence-electron chi connectivity index (χ0n) is 14.8. The SMILES string of the molecule is COc1cccc(Nc2nc(Nc3cccc(Cl)c3)c3cnn(C)c3n2)c1. The van der Waals surface area contributed by atoms with Gasteiger partial charge in [-0.05, 0) is 30.3 Å². The van der Waals surface area contributed by atoms with Gasteiger partial charge in [0.25, 0.3) is 0 Å². The molecule has 0 atom stereocenters. The molecule has 0 saturated carbocycles. The van der Waals surface area contributed by atoms with E-state index in [1.54, 1.807) is 18.0 Å². The van der Waals surface area contributed by atoms with E-state index in [-0.39, 0.29) is 0 Å². The molecule has 0 radical (unpaired) electrons. The maximum atomic E-state index is 6.09. The summed E-state index contributed by atoms with van der Waals surface area (Å²) in [5, 5.41) is 12.3. The van der Waals surface area contributed by atoms with Crippen LogP contribution >= 0.6 is 11.6 Å². The molecule has 27 heavy (non-hydrogen) atoms. The molecule has 2 N–H and O–H groups in total. The number of rotatable bonds is 5. The first-order valence-electron chi connectivity index (χ1n) is 8.26. The minimum absolute atomic E-state index is 0.448. The fourth-order valence-corrected chi connectivity index (χ4v) is 2.90. The molecule has 136 valence electrons. The Bertz CT molecular complexity index is 1110. The van der Waals surface area contributed by atoms with Gasteiger partial charge in [0.05, 0.1) is 18.7 Å². The first kappa shape index (κ1) is 17.1.